The third-order valence-electron chi connectivity index (χ3n) is 6.04. The number of carbonyl (C=O) groups excluding carboxylic acids is 1. The average molecular weight is 463 g/mol. The molecular formula is C25H26N4OS2. The number of rotatable bonds is 6. The van der Waals surface area contributed by atoms with E-state index in [-0.39, 0.29) is 11.9 Å². The van der Waals surface area contributed by atoms with Crippen LogP contribution in [-0.2, 0) is 0 Å². The number of carbonyl (C=O) groups is 1. The van der Waals surface area contributed by atoms with Gasteiger partial charge < -0.3 is 10.2 Å². The zero-order chi connectivity index (χ0) is 21.9. The van der Waals surface area contributed by atoms with Crippen molar-refractivity contribution in [1.82, 2.24) is 20.1 Å². The highest BCUT2D eigenvalue weighted by atomic mass is 32.1. The van der Waals surface area contributed by atoms with E-state index >= 15 is 0 Å². The van der Waals surface area contributed by atoms with E-state index in [2.05, 4.69) is 39.7 Å². The minimum Gasteiger partial charge on any atom is -0.350 e. The van der Waals surface area contributed by atoms with E-state index in [9.17, 15) is 4.79 Å². The van der Waals surface area contributed by atoms with Gasteiger partial charge in [0.1, 0.15) is 0 Å². The Kier molecular flexibility index (Phi) is 6.32. The second kappa shape index (κ2) is 9.50. The fourth-order valence-corrected chi connectivity index (χ4v) is 5.77. The van der Waals surface area contributed by atoms with Gasteiger partial charge in [0.25, 0.3) is 5.91 Å². The third kappa shape index (κ3) is 4.47. The predicted molar refractivity (Wildman–Crippen MR) is 134 cm³/mol. The number of nitrogens with zero attached hydrogens (tertiary/aromatic N) is 3. The molecule has 32 heavy (non-hydrogen) atoms. The molecule has 4 aromatic rings. The fourth-order valence-electron chi connectivity index (χ4n) is 4.22. The van der Waals surface area contributed by atoms with Gasteiger partial charge in [-0.25, -0.2) is 4.98 Å². The highest BCUT2D eigenvalue weighted by Crippen LogP contribution is 2.29. The summed E-state index contributed by atoms with van der Waals surface area (Å²) in [5.41, 5.74) is 2.37. The quantitative estimate of drug-likeness (QED) is 0.450. The number of hydrogen-bond acceptors (Lipinski definition) is 6. The molecule has 0 saturated carbocycles. The molecular weight excluding hydrogens is 436 g/mol. The number of thiophene rings is 2. The smallest absolute Gasteiger partial charge is 0.252 e. The summed E-state index contributed by atoms with van der Waals surface area (Å²) in [4.78, 5) is 25.4. The molecule has 1 aliphatic heterocycles. The topological polar surface area (TPSA) is 48.5 Å². The first-order chi connectivity index (χ1) is 15.7. The number of pyridine rings is 1. The molecule has 5 rings (SSSR count). The van der Waals surface area contributed by atoms with E-state index in [1.165, 1.54) is 4.88 Å². The van der Waals surface area contributed by atoms with Gasteiger partial charge in [-0.3, -0.25) is 9.69 Å². The Balaban J connectivity index is 1.41. The molecule has 5 nitrogen and oxygen atoms in total. The molecule has 164 valence electrons. The maximum atomic E-state index is 13.4. The van der Waals surface area contributed by atoms with Crippen molar-refractivity contribution in [2.75, 3.05) is 39.8 Å². The number of fused-ring (bicyclic) bond motifs is 1. The fraction of sp³-hybridized carbons (Fsp3) is 0.280. The van der Waals surface area contributed by atoms with Crippen molar-refractivity contribution in [1.29, 1.82) is 0 Å². The first-order valence-electron chi connectivity index (χ1n) is 10.9. The first-order valence-corrected chi connectivity index (χ1v) is 12.6. The number of piperazine rings is 1. The molecule has 1 unspecified atom stereocenters. The normalized spacial score (nSPS) is 16.3. The molecule has 1 fully saturated rings. The number of hydrogen-bond donors (Lipinski definition) is 1. The van der Waals surface area contributed by atoms with Gasteiger partial charge >= 0.3 is 0 Å². The Morgan fingerprint density at radius 3 is 2.56 bits per heavy atom. The lowest BCUT2D eigenvalue weighted by Gasteiger charge is -2.37. The summed E-state index contributed by atoms with van der Waals surface area (Å²) in [7, 11) is 2.17. The Morgan fingerprint density at radius 1 is 1.03 bits per heavy atom. The number of amides is 1. The second-order valence-electron chi connectivity index (χ2n) is 8.13. The van der Waals surface area contributed by atoms with E-state index in [0.717, 1.165) is 47.7 Å². The van der Waals surface area contributed by atoms with E-state index in [1.54, 1.807) is 22.7 Å². The highest BCUT2D eigenvalue weighted by molar-refractivity contribution is 7.13. The Bertz CT molecular complexity index is 1180. The molecule has 0 radical (unpaired) electrons. The lowest BCUT2D eigenvalue weighted by atomic mass is 10.1. The minimum atomic E-state index is -0.0444. The Morgan fingerprint density at radius 2 is 1.81 bits per heavy atom. The van der Waals surface area contributed by atoms with Crippen LogP contribution < -0.4 is 5.32 Å². The molecule has 1 aromatic carbocycles. The van der Waals surface area contributed by atoms with Gasteiger partial charge in [0.15, 0.2) is 0 Å². The summed E-state index contributed by atoms with van der Waals surface area (Å²) < 4.78 is 0. The van der Waals surface area contributed by atoms with Crippen LogP contribution in [0.2, 0.25) is 0 Å². The van der Waals surface area contributed by atoms with Gasteiger partial charge in [0.2, 0.25) is 0 Å². The zero-order valence-electron chi connectivity index (χ0n) is 18.0. The predicted octanol–water partition coefficient (Wildman–Crippen LogP) is 4.74. The lowest BCUT2D eigenvalue weighted by Crippen LogP contribution is -2.48. The zero-order valence-corrected chi connectivity index (χ0v) is 19.7. The van der Waals surface area contributed by atoms with Crippen molar-refractivity contribution < 1.29 is 4.79 Å². The monoisotopic (exact) mass is 462 g/mol. The van der Waals surface area contributed by atoms with Crippen LogP contribution in [0.5, 0.6) is 0 Å². The largest absolute Gasteiger partial charge is 0.350 e. The highest BCUT2D eigenvalue weighted by Gasteiger charge is 2.25. The van der Waals surface area contributed by atoms with E-state index < -0.39 is 0 Å². The summed E-state index contributed by atoms with van der Waals surface area (Å²) in [5.74, 6) is -0.0444. The lowest BCUT2D eigenvalue weighted by molar-refractivity contribution is 0.0891. The van der Waals surface area contributed by atoms with Crippen molar-refractivity contribution in [3.8, 4) is 10.6 Å². The van der Waals surface area contributed by atoms with Gasteiger partial charge in [-0.1, -0.05) is 30.3 Å². The summed E-state index contributed by atoms with van der Waals surface area (Å²) in [6.45, 7) is 4.71. The first kappa shape index (κ1) is 21.3. The van der Waals surface area contributed by atoms with Crippen LogP contribution in [0.25, 0.3) is 21.5 Å². The third-order valence-corrected chi connectivity index (χ3v) is 7.91. The molecule has 3 aromatic heterocycles. The maximum Gasteiger partial charge on any atom is 0.252 e. The number of aromatic nitrogens is 1. The average Bonchev–Trinajstić information content (AvgIpc) is 3.54. The van der Waals surface area contributed by atoms with Gasteiger partial charge in [-0.15, -0.1) is 22.7 Å². The molecule has 0 spiro atoms. The van der Waals surface area contributed by atoms with Crippen molar-refractivity contribution in [3.05, 3.63) is 75.8 Å². The van der Waals surface area contributed by atoms with Crippen LogP contribution in [-0.4, -0.2) is 60.5 Å². The maximum absolute atomic E-state index is 13.4. The summed E-state index contributed by atoms with van der Waals surface area (Å²) >= 11 is 3.40. The Labute approximate surface area is 196 Å². The van der Waals surface area contributed by atoms with Crippen molar-refractivity contribution in [3.63, 3.8) is 0 Å². The number of nitrogens with one attached hydrogen (secondary N) is 1. The SMILES string of the molecule is CN1CCN(C(CNC(=O)c2cc(-c3cccs3)nc3ccccc23)c2cccs2)CC1. The van der Waals surface area contributed by atoms with Crippen LogP contribution in [0.3, 0.4) is 0 Å². The van der Waals surface area contributed by atoms with Crippen molar-refractivity contribution >= 4 is 39.5 Å². The minimum absolute atomic E-state index is 0.0444. The molecule has 1 amide bonds. The Hall–Kier alpha value is -2.58. The van der Waals surface area contributed by atoms with E-state index in [4.69, 9.17) is 4.98 Å². The summed E-state index contributed by atoms with van der Waals surface area (Å²) in [6.07, 6.45) is 0. The molecule has 4 heterocycles. The van der Waals surface area contributed by atoms with Gasteiger partial charge in [-0.2, -0.15) is 0 Å². The number of para-hydroxylation sites is 1. The number of benzene rings is 1. The van der Waals surface area contributed by atoms with Crippen LogP contribution in [0, 0.1) is 0 Å². The van der Waals surface area contributed by atoms with Gasteiger partial charge in [-0.05, 0) is 42.1 Å². The van der Waals surface area contributed by atoms with Crippen molar-refractivity contribution in [2.45, 2.75) is 6.04 Å². The van der Waals surface area contributed by atoms with Crippen LogP contribution >= 0.6 is 22.7 Å². The molecule has 1 N–H and O–H groups in total. The summed E-state index contributed by atoms with van der Waals surface area (Å²) in [5, 5.41) is 8.29. The van der Waals surface area contributed by atoms with Gasteiger partial charge in [0.05, 0.1) is 27.7 Å². The standard InChI is InChI=1S/C25H26N4OS2/c1-28-10-12-29(13-11-28)22(24-9-5-15-32-24)17-26-25(30)19-16-21(23-8-4-14-31-23)27-20-7-3-2-6-18(19)20/h2-9,14-16,22H,10-13,17H2,1H3,(H,26,30). The number of likely N-dealkylation sites (N-methyl/N-ethyl adjacent to an activating group) is 1. The molecule has 0 bridgehead atoms. The molecule has 0 aliphatic carbocycles. The van der Waals surface area contributed by atoms with Crippen LogP contribution in [0.4, 0.5) is 0 Å². The molecule has 1 atom stereocenters. The van der Waals surface area contributed by atoms with Crippen molar-refractivity contribution in [2.24, 2.45) is 0 Å². The molecule has 7 heteroatoms. The summed E-state index contributed by atoms with van der Waals surface area (Å²) in [6, 6.07) is 18.3. The van der Waals surface area contributed by atoms with Crippen LogP contribution in [0.1, 0.15) is 21.3 Å². The van der Waals surface area contributed by atoms with E-state index in [0.29, 0.717) is 12.1 Å². The van der Waals surface area contributed by atoms with Gasteiger partial charge in [0, 0.05) is 43.0 Å². The van der Waals surface area contributed by atoms with E-state index in [1.807, 2.05) is 47.8 Å². The van der Waals surface area contributed by atoms with Crippen LogP contribution in [0.15, 0.2) is 65.4 Å². The second-order valence-corrected chi connectivity index (χ2v) is 10.1. The molecule has 1 saturated heterocycles. The molecule has 1 aliphatic rings.